The van der Waals surface area contributed by atoms with Gasteiger partial charge in [-0.2, -0.15) is 0 Å². The van der Waals surface area contributed by atoms with E-state index in [2.05, 4.69) is 10.3 Å². The van der Waals surface area contributed by atoms with Crippen LogP contribution in [0.3, 0.4) is 0 Å². The third-order valence-corrected chi connectivity index (χ3v) is 4.63. The minimum absolute atomic E-state index is 0.179. The van der Waals surface area contributed by atoms with Gasteiger partial charge in [-0.25, -0.2) is 9.78 Å². The molecule has 0 bridgehead atoms. The molecule has 2 aromatic rings. The number of carbonyl (C=O) groups is 2. The van der Waals surface area contributed by atoms with Crippen LogP contribution in [0.4, 0.5) is 4.79 Å². The molecule has 2 heterocycles. The summed E-state index contributed by atoms with van der Waals surface area (Å²) in [4.78, 5) is 29.6. The Morgan fingerprint density at radius 2 is 2.19 bits per heavy atom. The average Bonchev–Trinajstić information content (AvgIpc) is 3.03. The van der Waals surface area contributed by atoms with Crippen LogP contribution in [0.2, 0.25) is 0 Å². The number of aromatic nitrogens is 2. The zero-order valence-electron chi connectivity index (χ0n) is 11.9. The van der Waals surface area contributed by atoms with Crippen molar-refractivity contribution in [2.24, 2.45) is 7.05 Å². The molecule has 7 heteroatoms. The summed E-state index contributed by atoms with van der Waals surface area (Å²) in [7, 11) is 1.93. The molecule has 110 valence electrons. The zero-order chi connectivity index (χ0) is 15.0. The number of urea groups is 1. The number of para-hydroxylation sites is 2. The van der Waals surface area contributed by atoms with Crippen molar-refractivity contribution in [3.8, 4) is 0 Å². The molecule has 0 aliphatic carbocycles. The lowest BCUT2D eigenvalue weighted by atomic mass is 10.3. The van der Waals surface area contributed by atoms with Gasteiger partial charge in [-0.3, -0.25) is 9.69 Å². The molecule has 1 atom stereocenters. The summed E-state index contributed by atoms with van der Waals surface area (Å²) >= 11 is 1.37. The second-order valence-corrected chi connectivity index (χ2v) is 6.23. The van der Waals surface area contributed by atoms with Gasteiger partial charge in [-0.05, 0) is 19.1 Å². The lowest BCUT2D eigenvalue weighted by molar-refractivity contribution is -0.126. The molecule has 1 N–H and O–H groups in total. The molecule has 1 aliphatic rings. The molecule has 1 unspecified atom stereocenters. The van der Waals surface area contributed by atoms with E-state index >= 15 is 0 Å². The number of nitrogens with zero attached hydrogens (tertiary/aromatic N) is 3. The SMILES string of the molecule is CC(Sc1nc2ccccc2n1C)C(=O)N1CCNC1=O. The Kier molecular flexibility index (Phi) is 3.59. The fourth-order valence-electron chi connectivity index (χ4n) is 2.34. The first-order chi connectivity index (χ1) is 10.1. The van der Waals surface area contributed by atoms with Crippen LogP contribution >= 0.6 is 11.8 Å². The maximum absolute atomic E-state index is 12.3. The number of rotatable bonds is 3. The van der Waals surface area contributed by atoms with Crippen LogP contribution in [0.25, 0.3) is 11.0 Å². The normalized spacial score (nSPS) is 16.3. The summed E-state index contributed by atoms with van der Waals surface area (Å²) in [6.45, 7) is 2.76. The van der Waals surface area contributed by atoms with E-state index in [0.29, 0.717) is 13.1 Å². The number of fused-ring (bicyclic) bond motifs is 1. The molecular formula is C14H16N4O2S. The summed E-state index contributed by atoms with van der Waals surface area (Å²) in [5.74, 6) is -0.179. The molecule has 6 nitrogen and oxygen atoms in total. The third kappa shape index (κ3) is 2.49. The number of amides is 3. The van der Waals surface area contributed by atoms with Crippen LogP contribution in [0.5, 0.6) is 0 Å². The molecule has 0 saturated carbocycles. The Balaban J connectivity index is 1.80. The van der Waals surface area contributed by atoms with E-state index in [1.54, 1.807) is 6.92 Å². The Morgan fingerprint density at radius 1 is 1.43 bits per heavy atom. The molecule has 21 heavy (non-hydrogen) atoms. The van der Waals surface area contributed by atoms with Gasteiger partial charge in [-0.1, -0.05) is 23.9 Å². The highest BCUT2D eigenvalue weighted by atomic mass is 32.2. The number of carbonyl (C=O) groups excluding carboxylic acids is 2. The van der Waals surface area contributed by atoms with Crippen molar-refractivity contribution in [1.82, 2.24) is 19.8 Å². The number of thioether (sulfide) groups is 1. The van der Waals surface area contributed by atoms with Crippen LogP contribution in [-0.2, 0) is 11.8 Å². The minimum atomic E-state index is -0.357. The van der Waals surface area contributed by atoms with Crippen molar-refractivity contribution in [2.45, 2.75) is 17.3 Å². The van der Waals surface area contributed by atoms with Crippen LogP contribution in [0, 0.1) is 0 Å². The molecule has 0 radical (unpaired) electrons. The maximum Gasteiger partial charge on any atom is 0.324 e. The van der Waals surface area contributed by atoms with E-state index < -0.39 is 0 Å². The van der Waals surface area contributed by atoms with Crippen molar-refractivity contribution < 1.29 is 9.59 Å². The van der Waals surface area contributed by atoms with Gasteiger partial charge in [0.2, 0.25) is 5.91 Å². The zero-order valence-corrected chi connectivity index (χ0v) is 12.7. The number of imide groups is 1. The fraction of sp³-hybridized carbons (Fsp3) is 0.357. The van der Waals surface area contributed by atoms with Crippen LogP contribution < -0.4 is 5.32 Å². The van der Waals surface area contributed by atoms with Crippen molar-refractivity contribution in [3.63, 3.8) is 0 Å². The quantitative estimate of drug-likeness (QED) is 0.875. The standard InChI is InChI=1S/C14H16N4O2S/c1-9(12(19)18-8-7-15-13(18)20)21-14-16-10-5-3-4-6-11(10)17(14)2/h3-6,9H,7-8H2,1-2H3,(H,15,20). The number of imidazole rings is 1. The van der Waals surface area contributed by atoms with Crippen molar-refractivity contribution in [2.75, 3.05) is 13.1 Å². The molecule has 1 fully saturated rings. The van der Waals surface area contributed by atoms with Gasteiger partial charge >= 0.3 is 6.03 Å². The maximum atomic E-state index is 12.3. The Hall–Kier alpha value is -2.02. The first kappa shape index (κ1) is 13.9. The molecule has 0 spiro atoms. The summed E-state index contributed by atoms with van der Waals surface area (Å²) in [6, 6.07) is 7.53. The Morgan fingerprint density at radius 3 is 2.86 bits per heavy atom. The molecule has 3 amide bonds. The van der Waals surface area contributed by atoms with Gasteiger partial charge < -0.3 is 9.88 Å². The van der Waals surface area contributed by atoms with Gasteiger partial charge in [-0.15, -0.1) is 0 Å². The van der Waals surface area contributed by atoms with E-state index in [1.807, 2.05) is 35.9 Å². The number of hydrogen-bond donors (Lipinski definition) is 1. The lowest BCUT2D eigenvalue weighted by Gasteiger charge is -2.17. The third-order valence-electron chi connectivity index (χ3n) is 3.50. The molecule has 1 saturated heterocycles. The molecule has 1 aromatic heterocycles. The van der Waals surface area contributed by atoms with E-state index in [9.17, 15) is 9.59 Å². The van der Waals surface area contributed by atoms with Crippen LogP contribution in [-0.4, -0.2) is 44.7 Å². The smallest absolute Gasteiger partial charge is 0.324 e. The van der Waals surface area contributed by atoms with E-state index in [1.165, 1.54) is 16.7 Å². The number of aryl methyl sites for hydroxylation is 1. The first-order valence-electron chi connectivity index (χ1n) is 6.75. The van der Waals surface area contributed by atoms with Crippen molar-refractivity contribution >= 4 is 34.7 Å². The molecule has 1 aliphatic heterocycles. The summed E-state index contributed by atoms with van der Waals surface area (Å²) in [5.41, 5.74) is 1.93. The summed E-state index contributed by atoms with van der Waals surface area (Å²) in [6.07, 6.45) is 0. The topological polar surface area (TPSA) is 67.2 Å². The van der Waals surface area contributed by atoms with E-state index in [0.717, 1.165) is 16.2 Å². The van der Waals surface area contributed by atoms with Crippen molar-refractivity contribution in [1.29, 1.82) is 0 Å². The van der Waals surface area contributed by atoms with Gasteiger partial charge in [0.1, 0.15) is 0 Å². The predicted molar refractivity (Wildman–Crippen MR) is 81.1 cm³/mol. The fourth-order valence-corrected chi connectivity index (χ4v) is 3.29. The van der Waals surface area contributed by atoms with Crippen molar-refractivity contribution in [3.05, 3.63) is 24.3 Å². The van der Waals surface area contributed by atoms with Gasteiger partial charge in [0.25, 0.3) is 0 Å². The Bertz CT molecular complexity index is 712. The Labute approximate surface area is 126 Å². The van der Waals surface area contributed by atoms with Gasteiger partial charge in [0.15, 0.2) is 5.16 Å². The lowest BCUT2D eigenvalue weighted by Crippen LogP contribution is -2.39. The summed E-state index contributed by atoms with van der Waals surface area (Å²) < 4.78 is 1.97. The molecular weight excluding hydrogens is 288 g/mol. The number of benzene rings is 1. The summed E-state index contributed by atoms with van der Waals surface area (Å²) in [5, 5.41) is 3.06. The largest absolute Gasteiger partial charge is 0.336 e. The first-order valence-corrected chi connectivity index (χ1v) is 7.63. The van der Waals surface area contributed by atoms with E-state index in [4.69, 9.17) is 0 Å². The van der Waals surface area contributed by atoms with E-state index in [-0.39, 0.29) is 17.2 Å². The van der Waals surface area contributed by atoms with Gasteiger partial charge in [0.05, 0.1) is 16.3 Å². The number of nitrogens with one attached hydrogen (secondary N) is 1. The predicted octanol–water partition coefficient (Wildman–Crippen LogP) is 1.61. The second-order valence-electron chi connectivity index (χ2n) is 4.92. The highest BCUT2D eigenvalue weighted by molar-refractivity contribution is 8.00. The average molecular weight is 304 g/mol. The van der Waals surface area contributed by atoms with Crippen LogP contribution in [0.15, 0.2) is 29.4 Å². The molecule has 1 aromatic carbocycles. The highest BCUT2D eigenvalue weighted by Crippen LogP contribution is 2.27. The monoisotopic (exact) mass is 304 g/mol. The number of hydrogen-bond acceptors (Lipinski definition) is 4. The minimum Gasteiger partial charge on any atom is -0.336 e. The van der Waals surface area contributed by atoms with Gasteiger partial charge in [0, 0.05) is 20.1 Å². The van der Waals surface area contributed by atoms with Crippen LogP contribution in [0.1, 0.15) is 6.92 Å². The molecule has 3 rings (SSSR count). The highest BCUT2D eigenvalue weighted by Gasteiger charge is 2.30. The second kappa shape index (κ2) is 5.40.